The van der Waals surface area contributed by atoms with Crippen molar-refractivity contribution in [2.75, 3.05) is 18.8 Å². The van der Waals surface area contributed by atoms with Crippen LogP contribution in [0.4, 0.5) is 5.82 Å². The Morgan fingerprint density at radius 3 is 2.80 bits per heavy atom. The molecule has 0 aliphatic rings. The summed E-state index contributed by atoms with van der Waals surface area (Å²) in [5, 5.41) is 0. The minimum absolute atomic E-state index is 0.243. The van der Waals surface area contributed by atoms with E-state index in [9.17, 15) is 4.79 Å². The van der Waals surface area contributed by atoms with E-state index in [0.717, 1.165) is 12.2 Å². The highest BCUT2D eigenvalue weighted by atomic mass is 16.1. The number of rotatable bonds is 5. The molecular formula is C10H16N4O. The van der Waals surface area contributed by atoms with Crippen LogP contribution >= 0.6 is 0 Å². The Morgan fingerprint density at radius 1 is 1.53 bits per heavy atom. The molecule has 5 nitrogen and oxygen atoms in total. The molecule has 0 aliphatic heterocycles. The van der Waals surface area contributed by atoms with E-state index in [0.29, 0.717) is 12.4 Å². The van der Waals surface area contributed by atoms with Crippen LogP contribution in [-0.4, -0.2) is 28.9 Å². The Hall–Kier alpha value is -1.62. The van der Waals surface area contributed by atoms with Gasteiger partial charge in [-0.3, -0.25) is 9.69 Å². The van der Waals surface area contributed by atoms with Crippen molar-refractivity contribution in [3.63, 3.8) is 0 Å². The fraction of sp³-hybridized carbons (Fsp3) is 0.400. The van der Waals surface area contributed by atoms with E-state index in [1.165, 1.54) is 0 Å². The first-order valence-electron chi connectivity index (χ1n) is 4.84. The minimum Gasteiger partial charge on any atom is -0.384 e. The lowest BCUT2D eigenvalue weighted by atomic mass is 10.3. The highest BCUT2D eigenvalue weighted by Crippen LogP contribution is 2.04. The Bertz CT molecular complexity index is 340. The van der Waals surface area contributed by atoms with Crippen LogP contribution in [0.1, 0.15) is 12.6 Å². The van der Waals surface area contributed by atoms with Gasteiger partial charge in [-0.1, -0.05) is 13.0 Å². The second-order valence-electron chi connectivity index (χ2n) is 3.32. The number of carbonyl (C=O) groups is 1. The van der Waals surface area contributed by atoms with Crippen LogP contribution < -0.4 is 11.5 Å². The SMILES string of the molecule is CCN(CC(N)=O)Cc1cccc(N)n1. The number of nitrogens with zero attached hydrogens (tertiary/aromatic N) is 2. The van der Waals surface area contributed by atoms with E-state index >= 15 is 0 Å². The van der Waals surface area contributed by atoms with E-state index in [-0.39, 0.29) is 12.5 Å². The number of primary amides is 1. The van der Waals surface area contributed by atoms with Crippen molar-refractivity contribution in [2.24, 2.45) is 5.73 Å². The molecule has 1 rings (SSSR count). The molecule has 0 atom stereocenters. The number of carbonyl (C=O) groups excluding carboxylic acids is 1. The minimum atomic E-state index is -0.333. The maximum absolute atomic E-state index is 10.8. The van der Waals surface area contributed by atoms with E-state index in [1.807, 2.05) is 24.0 Å². The second kappa shape index (κ2) is 5.31. The molecule has 0 bridgehead atoms. The number of hydrogen-bond acceptors (Lipinski definition) is 4. The van der Waals surface area contributed by atoms with E-state index in [2.05, 4.69) is 4.98 Å². The average molecular weight is 208 g/mol. The zero-order chi connectivity index (χ0) is 11.3. The third-order valence-electron chi connectivity index (χ3n) is 2.04. The molecule has 82 valence electrons. The van der Waals surface area contributed by atoms with Gasteiger partial charge in [-0.2, -0.15) is 0 Å². The molecule has 0 radical (unpaired) electrons. The Kier molecular flexibility index (Phi) is 4.05. The van der Waals surface area contributed by atoms with E-state index < -0.39 is 0 Å². The topological polar surface area (TPSA) is 85.2 Å². The maximum atomic E-state index is 10.8. The van der Waals surface area contributed by atoms with Crippen molar-refractivity contribution < 1.29 is 4.79 Å². The molecule has 1 heterocycles. The molecule has 0 aromatic carbocycles. The number of likely N-dealkylation sites (N-methyl/N-ethyl adjacent to an activating group) is 1. The number of anilines is 1. The molecular weight excluding hydrogens is 192 g/mol. The van der Waals surface area contributed by atoms with Crippen molar-refractivity contribution in [1.29, 1.82) is 0 Å². The standard InChI is InChI=1S/C10H16N4O/c1-2-14(7-10(12)15)6-8-4-3-5-9(11)13-8/h3-5H,2,6-7H2,1H3,(H2,11,13)(H2,12,15). The summed E-state index contributed by atoms with van der Waals surface area (Å²) in [5.41, 5.74) is 11.5. The van der Waals surface area contributed by atoms with Crippen molar-refractivity contribution in [3.05, 3.63) is 23.9 Å². The van der Waals surface area contributed by atoms with Gasteiger partial charge in [-0.15, -0.1) is 0 Å². The molecule has 15 heavy (non-hydrogen) atoms. The second-order valence-corrected chi connectivity index (χ2v) is 3.32. The van der Waals surface area contributed by atoms with Crippen LogP contribution in [0.5, 0.6) is 0 Å². The third kappa shape index (κ3) is 3.95. The molecule has 4 N–H and O–H groups in total. The summed E-state index contributed by atoms with van der Waals surface area (Å²) in [5.74, 6) is 0.156. The number of nitrogens with two attached hydrogens (primary N) is 2. The first-order chi connectivity index (χ1) is 7.11. The molecule has 0 fully saturated rings. The van der Waals surface area contributed by atoms with Gasteiger partial charge in [0.1, 0.15) is 5.82 Å². The molecule has 1 aromatic heterocycles. The highest BCUT2D eigenvalue weighted by molar-refractivity contribution is 5.75. The molecule has 0 spiro atoms. The summed E-state index contributed by atoms with van der Waals surface area (Å²) in [4.78, 5) is 16.8. The van der Waals surface area contributed by atoms with Crippen molar-refractivity contribution >= 4 is 11.7 Å². The van der Waals surface area contributed by atoms with Gasteiger partial charge in [0.2, 0.25) is 5.91 Å². The summed E-state index contributed by atoms with van der Waals surface area (Å²) in [6.45, 7) is 3.55. The molecule has 5 heteroatoms. The Balaban J connectivity index is 2.62. The molecule has 0 saturated heterocycles. The first kappa shape index (κ1) is 11.5. The first-order valence-corrected chi connectivity index (χ1v) is 4.84. The summed E-state index contributed by atoms with van der Waals surface area (Å²) in [7, 11) is 0. The maximum Gasteiger partial charge on any atom is 0.231 e. The van der Waals surface area contributed by atoms with Crippen LogP contribution in [0, 0.1) is 0 Å². The number of pyridine rings is 1. The van der Waals surface area contributed by atoms with Crippen LogP contribution in [0.2, 0.25) is 0 Å². The molecule has 0 saturated carbocycles. The zero-order valence-corrected chi connectivity index (χ0v) is 8.81. The lowest BCUT2D eigenvalue weighted by Crippen LogP contribution is -2.33. The fourth-order valence-electron chi connectivity index (χ4n) is 1.32. The molecule has 0 aliphatic carbocycles. The zero-order valence-electron chi connectivity index (χ0n) is 8.81. The summed E-state index contributed by atoms with van der Waals surface area (Å²) in [6, 6.07) is 5.45. The Morgan fingerprint density at radius 2 is 2.27 bits per heavy atom. The van der Waals surface area contributed by atoms with Gasteiger partial charge in [0.15, 0.2) is 0 Å². The normalized spacial score (nSPS) is 10.5. The molecule has 1 amide bonds. The average Bonchev–Trinajstić information content (AvgIpc) is 2.16. The number of nitrogen functional groups attached to an aromatic ring is 1. The van der Waals surface area contributed by atoms with E-state index in [1.54, 1.807) is 6.07 Å². The van der Waals surface area contributed by atoms with Crippen LogP contribution in [-0.2, 0) is 11.3 Å². The third-order valence-corrected chi connectivity index (χ3v) is 2.04. The number of amides is 1. The van der Waals surface area contributed by atoms with Crippen molar-refractivity contribution in [2.45, 2.75) is 13.5 Å². The predicted octanol–water partition coefficient (Wildman–Crippen LogP) is -0.0290. The fourth-order valence-corrected chi connectivity index (χ4v) is 1.32. The molecule has 1 aromatic rings. The van der Waals surface area contributed by atoms with Gasteiger partial charge in [0, 0.05) is 6.54 Å². The van der Waals surface area contributed by atoms with Gasteiger partial charge < -0.3 is 11.5 Å². The van der Waals surface area contributed by atoms with Crippen LogP contribution in [0.15, 0.2) is 18.2 Å². The summed E-state index contributed by atoms with van der Waals surface area (Å²) >= 11 is 0. The van der Waals surface area contributed by atoms with Crippen molar-refractivity contribution in [3.8, 4) is 0 Å². The quantitative estimate of drug-likeness (QED) is 0.711. The van der Waals surface area contributed by atoms with Gasteiger partial charge in [0.25, 0.3) is 0 Å². The summed E-state index contributed by atoms with van der Waals surface area (Å²) < 4.78 is 0. The van der Waals surface area contributed by atoms with Crippen LogP contribution in [0.25, 0.3) is 0 Å². The van der Waals surface area contributed by atoms with Gasteiger partial charge in [-0.05, 0) is 18.7 Å². The lowest BCUT2D eigenvalue weighted by molar-refractivity contribution is -0.119. The van der Waals surface area contributed by atoms with Gasteiger partial charge in [0.05, 0.1) is 12.2 Å². The lowest BCUT2D eigenvalue weighted by Gasteiger charge is -2.17. The van der Waals surface area contributed by atoms with Gasteiger partial charge >= 0.3 is 0 Å². The highest BCUT2D eigenvalue weighted by Gasteiger charge is 2.07. The largest absolute Gasteiger partial charge is 0.384 e. The Labute approximate surface area is 89.1 Å². The number of hydrogen-bond donors (Lipinski definition) is 2. The number of aromatic nitrogens is 1. The van der Waals surface area contributed by atoms with Gasteiger partial charge in [-0.25, -0.2) is 4.98 Å². The van der Waals surface area contributed by atoms with E-state index in [4.69, 9.17) is 11.5 Å². The van der Waals surface area contributed by atoms with Crippen molar-refractivity contribution in [1.82, 2.24) is 9.88 Å². The molecule has 0 unspecified atom stereocenters. The smallest absolute Gasteiger partial charge is 0.231 e. The predicted molar refractivity (Wildman–Crippen MR) is 58.8 cm³/mol. The van der Waals surface area contributed by atoms with Crippen LogP contribution in [0.3, 0.4) is 0 Å². The monoisotopic (exact) mass is 208 g/mol. The summed E-state index contributed by atoms with van der Waals surface area (Å²) in [6.07, 6.45) is 0.